The predicted molar refractivity (Wildman–Crippen MR) is 112 cm³/mol. The number of nitrogens with two attached hydrogens (primary N) is 1. The quantitative estimate of drug-likeness (QED) is 0.725. The Labute approximate surface area is 168 Å². The van der Waals surface area contributed by atoms with Gasteiger partial charge in [-0.3, -0.25) is 4.79 Å². The Morgan fingerprint density at radius 2 is 1.79 bits per heavy atom. The molecule has 0 bridgehead atoms. The Hall–Kier alpha value is -2.08. The highest BCUT2D eigenvalue weighted by molar-refractivity contribution is 5.90. The van der Waals surface area contributed by atoms with Gasteiger partial charge in [0.05, 0.1) is 6.04 Å². The van der Waals surface area contributed by atoms with Crippen molar-refractivity contribution >= 4 is 17.6 Å². The number of anilines is 1. The molecule has 0 radical (unpaired) electrons. The van der Waals surface area contributed by atoms with E-state index in [1.54, 1.807) is 0 Å². The fourth-order valence-electron chi connectivity index (χ4n) is 4.23. The van der Waals surface area contributed by atoms with Crippen molar-refractivity contribution in [1.82, 2.24) is 10.2 Å². The number of rotatable bonds is 5. The first kappa shape index (κ1) is 20.6. The fourth-order valence-corrected chi connectivity index (χ4v) is 4.23. The molecule has 3 rings (SSSR count). The van der Waals surface area contributed by atoms with Crippen molar-refractivity contribution < 1.29 is 9.59 Å². The van der Waals surface area contributed by atoms with Crippen molar-refractivity contribution in [2.45, 2.75) is 76.9 Å². The summed E-state index contributed by atoms with van der Waals surface area (Å²) < 4.78 is 0. The van der Waals surface area contributed by atoms with Crippen LogP contribution in [0.2, 0.25) is 0 Å². The predicted octanol–water partition coefficient (Wildman–Crippen LogP) is 3.32. The lowest BCUT2D eigenvalue weighted by molar-refractivity contribution is -0.136. The van der Waals surface area contributed by atoms with Gasteiger partial charge in [0.15, 0.2) is 0 Å². The van der Waals surface area contributed by atoms with Crippen molar-refractivity contribution in [3.63, 3.8) is 0 Å². The van der Waals surface area contributed by atoms with Crippen molar-refractivity contribution in [3.8, 4) is 0 Å². The van der Waals surface area contributed by atoms with Gasteiger partial charge in [0, 0.05) is 24.8 Å². The molecule has 154 valence electrons. The van der Waals surface area contributed by atoms with Gasteiger partial charge in [-0.2, -0.15) is 0 Å². The maximum Gasteiger partial charge on any atom is 0.319 e. The molecular weight excluding hydrogens is 352 g/mol. The van der Waals surface area contributed by atoms with Crippen molar-refractivity contribution in [1.29, 1.82) is 0 Å². The van der Waals surface area contributed by atoms with E-state index in [0.29, 0.717) is 6.04 Å². The minimum atomic E-state index is -0.421. The van der Waals surface area contributed by atoms with Crippen LogP contribution in [0.5, 0.6) is 0 Å². The summed E-state index contributed by atoms with van der Waals surface area (Å²) in [4.78, 5) is 26.8. The third-order valence-corrected chi connectivity index (χ3v) is 6.51. The second-order valence-electron chi connectivity index (χ2n) is 8.59. The Morgan fingerprint density at radius 1 is 1.11 bits per heavy atom. The van der Waals surface area contributed by atoms with Crippen molar-refractivity contribution in [2.75, 3.05) is 12.4 Å². The molecule has 6 nitrogen and oxygen atoms in total. The SMILES string of the molecule is Cc1ccc(C)c(NC(=O)NC2CCC([C@H](N)C(=O)N(C)C3CCC3)CC2)c1. The molecule has 0 saturated heterocycles. The highest BCUT2D eigenvalue weighted by Crippen LogP contribution is 2.29. The van der Waals surface area contributed by atoms with Gasteiger partial charge in [-0.25, -0.2) is 4.79 Å². The summed E-state index contributed by atoms with van der Waals surface area (Å²) in [6, 6.07) is 5.95. The van der Waals surface area contributed by atoms with Gasteiger partial charge < -0.3 is 21.3 Å². The van der Waals surface area contributed by atoms with Crippen LogP contribution in [-0.2, 0) is 4.79 Å². The molecule has 2 aliphatic carbocycles. The Bertz CT molecular complexity index is 708. The minimum Gasteiger partial charge on any atom is -0.341 e. The molecule has 0 aliphatic heterocycles. The van der Waals surface area contributed by atoms with E-state index in [1.165, 1.54) is 6.42 Å². The van der Waals surface area contributed by atoms with E-state index in [-0.39, 0.29) is 23.9 Å². The molecule has 2 fully saturated rings. The zero-order valence-electron chi connectivity index (χ0n) is 17.3. The van der Waals surface area contributed by atoms with Crippen LogP contribution in [0.3, 0.4) is 0 Å². The van der Waals surface area contributed by atoms with Gasteiger partial charge in [-0.05, 0) is 81.9 Å². The van der Waals surface area contributed by atoms with E-state index < -0.39 is 6.04 Å². The number of amides is 3. The largest absolute Gasteiger partial charge is 0.341 e. The maximum absolute atomic E-state index is 12.6. The van der Waals surface area contributed by atoms with Gasteiger partial charge in [-0.15, -0.1) is 0 Å². The molecule has 0 heterocycles. The number of benzene rings is 1. The first-order valence-corrected chi connectivity index (χ1v) is 10.5. The lowest BCUT2D eigenvalue weighted by atomic mass is 9.81. The van der Waals surface area contributed by atoms with E-state index in [4.69, 9.17) is 5.73 Å². The first-order valence-electron chi connectivity index (χ1n) is 10.5. The Kier molecular flexibility index (Phi) is 6.60. The molecule has 0 aromatic heterocycles. The topological polar surface area (TPSA) is 87.5 Å². The zero-order valence-corrected chi connectivity index (χ0v) is 17.3. The lowest BCUT2D eigenvalue weighted by Crippen LogP contribution is -2.52. The number of carbonyl (C=O) groups excluding carboxylic acids is 2. The number of nitrogens with one attached hydrogen (secondary N) is 2. The number of likely N-dealkylation sites (N-methyl/N-ethyl adjacent to an activating group) is 1. The van der Waals surface area contributed by atoms with Crippen LogP contribution in [0.15, 0.2) is 18.2 Å². The standard InChI is InChI=1S/C22H34N4O2/c1-14-7-8-15(2)19(13-14)25-22(28)24-17-11-9-16(10-12-17)20(23)21(27)26(3)18-5-4-6-18/h7-8,13,16-18,20H,4-6,9-12,23H2,1-3H3,(H2,24,25,28)/t16?,17?,20-/m0/s1. The van der Waals surface area contributed by atoms with Crippen LogP contribution in [0.1, 0.15) is 56.1 Å². The molecule has 1 aromatic rings. The summed E-state index contributed by atoms with van der Waals surface area (Å²) >= 11 is 0. The number of nitrogens with zero attached hydrogens (tertiary/aromatic N) is 1. The van der Waals surface area contributed by atoms with Crippen LogP contribution in [0.4, 0.5) is 10.5 Å². The summed E-state index contributed by atoms with van der Waals surface area (Å²) in [6.07, 6.45) is 6.87. The van der Waals surface area contributed by atoms with E-state index in [0.717, 1.165) is 55.3 Å². The van der Waals surface area contributed by atoms with Gasteiger partial charge in [0.1, 0.15) is 0 Å². The van der Waals surface area contributed by atoms with Crippen molar-refractivity contribution in [3.05, 3.63) is 29.3 Å². The molecule has 2 saturated carbocycles. The molecule has 1 aromatic carbocycles. The number of aryl methyl sites for hydroxylation is 2. The minimum absolute atomic E-state index is 0.0776. The maximum atomic E-state index is 12.6. The first-order chi connectivity index (χ1) is 13.3. The lowest BCUT2D eigenvalue weighted by Gasteiger charge is -2.38. The smallest absolute Gasteiger partial charge is 0.319 e. The third-order valence-electron chi connectivity index (χ3n) is 6.51. The normalized spacial score (nSPS) is 23.4. The van der Waals surface area contributed by atoms with E-state index >= 15 is 0 Å². The molecule has 3 amide bonds. The average molecular weight is 387 g/mol. The molecule has 4 N–H and O–H groups in total. The monoisotopic (exact) mass is 386 g/mol. The number of hydrogen-bond donors (Lipinski definition) is 3. The summed E-state index contributed by atoms with van der Waals surface area (Å²) in [5.41, 5.74) is 9.31. The number of hydrogen-bond acceptors (Lipinski definition) is 3. The molecular formula is C22H34N4O2. The summed E-state index contributed by atoms with van der Waals surface area (Å²) in [7, 11) is 1.89. The molecule has 28 heavy (non-hydrogen) atoms. The van der Waals surface area contributed by atoms with E-state index in [9.17, 15) is 9.59 Å². The highest BCUT2D eigenvalue weighted by Gasteiger charge is 2.34. The highest BCUT2D eigenvalue weighted by atomic mass is 16.2. The number of urea groups is 1. The van der Waals surface area contributed by atoms with Gasteiger partial charge in [0.25, 0.3) is 0 Å². The molecule has 0 spiro atoms. The van der Waals surface area contributed by atoms with Crippen LogP contribution >= 0.6 is 0 Å². The number of carbonyl (C=O) groups is 2. The van der Waals surface area contributed by atoms with Gasteiger partial charge in [0.2, 0.25) is 5.91 Å². The third kappa shape index (κ3) is 4.85. The average Bonchev–Trinajstić information content (AvgIpc) is 2.62. The van der Waals surface area contributed by atoms with Gasteiger partial charge in [-0.1, -0.05) is 12.1 Å². The summed E-state index contributed by atoms with van der Waals surface area (Å²) in [5, 5.41) is 6.03. The second kappa shape index (κ2) is 8.95. The van der Waals surface area contributed by atoms with Crippen molar-refractivity contribution in [2.24, 2.45) is 11.7 Å². The molecule has 0 unspecified atom stereocenters. The van der Waals surface area contributed by atoms with E-state index in [2.05, 4.69) is 10.6 Å². The van der Waals surface area contributed by atoms with Crippen LogP contribution in [-0.4, -0.2) is 42.0 Å². The van der Waals surface area contributed by atoms with Gasteiger partial charge >= 0.3 is 6.03 Å². The van der Waals surface area contributed by atoms with Crippen LogP contribution in [0, 0.1) is 19.8 Å². The molecule has 2 aliphatic rings. The van der Waals surface area contributed by atoms with Crippen LogP contribution in [0.25, 0.3) is 0 Å². The molecule has 1 atom stereocenters. The molecule has 6 heteroatoms. The van der Waals surface area contributed by atoms with E-state index in [1.807, 2.05) is 44.0 Å². The Balaban J connectivity index is 1.45. The van der Waals surface area contributed by atoms with Crippen LogP contribution < -0.4 is 16.4 Å². The fraction of sp³-hybridized carbons (Fsp3) is 0.636. The second-order valence-corrected chi connectivity index (χ2v) is 8.59. The summed E-state index contributed by atoms with van der Waals surface area (Å²) in [6.45, 7) is 4.00. The zero-order chi connectivity index (χ0) is 20.3. The Morgan fingerprint density at radius 3 is 2.39 bits per heavy atom. The summed E-state index contributed by atoms with van der Waals surface area (Å²) in [5.74, 6) is 0.281.